The summed E-state index contributed by atoms with van der Waals surface area (Å²) in [7, 11) is 1.62. The number of rotatable bonds is 2. The van der Waals surface area contributed by atoms with Gasteiger partial charge in [-0.2, -0.15) is 12.6 Å². The third kappa shape index (κ3) is 2.90. The van der Waals surface area contributed by atoms with E-state index in [4.69, 9.17) is 10.5 Å². The van der Waals surface area contributed by atoms with Crippen LogP contribution < -0.4 is 10.5 Å². The molecule has 0 aliphatic carbocycles. The zero-order valence-electron chi connectivity index (χ0n) is 8.08. The number of hydrogen-bond donors (Lipinski definition) is 2. The molecule has 0 atom stereocenters. The lowest BCUT2D eigenvalue weighted by molar-refractivity contribution is 0.415. The van der Waals surface area contributed by atoms with Gasteiger partial charge in [0.05, 0.1) is 12.7 Å². The highest BCUT2D eigenvalue weighted by molar-refractivity contribution is 7.80. The van der Waals surface area contributed by atoms with Gasteiger partial charge in [-0.05, 0) is 18.2 Å². The molecule has 0 aliphatic heterocycles. The number of ether oxygens (including phenoxy) is 1. The Hall–Kier alpha value is -1.27. The number of nitrogen functional groups attached to an aromatic ring is 1. The average Bonchev–Trinajstić information content (AvgIpc) is 2.21. The van der Waals surface area contributed by atoms with Crippen molar-refractivity contribution in [2.24, 2.45) is 0 Å². The van der Waals surface area contributed by atoms with Crippen LogP contribution in [0.3, 0.4) is 0 Å². The predicted octanol–water partition coefficient (Wildman–Crippen LogP) is 1.95. The van der Waals surface area contributed by atoms with Gasteiger partial charge >= 0.3 is 0 Å². The minimum absolute atomic E-state index is 0.678. The summed E-state index contributed by atoms with van der Waals surface area (Å²) in [5.41, 5.74) is 7.24. The lowest BCUT2D eigenvalue weighted by atomic mass is 10.1. The highest BCUT2D eigenvalue weighted by atomic mass is 32.1. The Bertz CT molecular complexity index is 365. The first-order chi connectivity index (χ1) is 6.77. The lowest BCUT2D eigenvalue weighted by Gasteiger charge is -2.02. The van der Waals surface area contributed by atoms with Gasteiger partial charge in [-0.25, -0.2) is 0 Å². The summed E-state index contributed by atoms with van der Waals surface area (Å²) in [6.45, 7) is 0. The summed E-state index contributed by atoms with van der Waals surface area (Å²) >= 11 is 4.07. The van der Waals surface area contributed by atoms with Gasteiger partial charge < -0.3 is 10.5 Å². The first-order valence-electron chi connectivity index (χ1n) is 4.31. The molecule has 0 amide bonds. The lowest BCUT2D eigenvalue weighted by Crippen LogP contribution is -1.91. The second-order valence-corrected chi connectivity index (χ2v) is 3.18. The van der Waals surface area contributed by atoms with E-state index in [2.05, 4.69) is 24.5 Å². The number of benzene rings is 1. The maximum absolute atomic E-state index is 5.75. The van der Waals surface area contributed by atoms with Gasteiger partial charge in [-0.1, -0.05) is 11.8 Å². The van der Waals surface area contributed by atoms with Crippen molar-refractivity contribution in [3.05, 3.63) is 23.8 Å². The molecular weight excluding hydrogens is 194 g/mol. The van der Waals surface area contributed by atoms with Crippen LogP contribution in [0.2, 0.25) is 0 Å². The predicted molar refractivity (Wildman–Crippen MR) is 62.8 cm³/mol. The van der Waals surface area contributed by atoms with E-state index >= 15 is 0 Å². The molecule has 2 N–H and O–H groups in total. The third-order valence-electron chi connectivity index (χ3n) is 1.72. The first-order valence-corrected chi connectivity index (χ1v) is 4.94. The highest BCUT2D eigenvalue weighted by Crippen LogP contribution is 2.18. The molecule has 0 saturated carbocycles. The van der Waals surface area contributed by atoms with E-state index < -0.39 is 0 Å². The van der Waals surface area contributed by atoms with Crippen molar-refractivity contribution in [2.45, 2.75) is 6.42 Å². The Morgan fingerprint density at radius 2 is 2.29 bits per heavy atom. The Kier molecular flexibility index (Phi) is 4.21. The number of anilines is 1. The number of methoxy groups -OCH3 is 1. The van der Waals surface area contributed by atoms with Crippen molar-refractivity contribution in [1.29, 1.82) is 0 Å². The van der Waals surface area contributed by atoms with E-state index in [0.29, 0.717) is 5.69 Å². The Morgan fingerprint density at radius 1 is 1.50 bits per heavy atom. The zero-order chi connectivity index (χ0) is 10.4. The molecule has 1 aromatic carbocycles. The summed E-state index contributed by atoms with van der Waals surface area (Å²) in [4.78, 5) is 0. The molecule has 74 valence electrons. The Balaban J connectivity index is 2.91. The summed E-state index contributed by atoms with van der Waals surface area (Å²) < 4.78 is 5.08. The van der Waals surface area contributed by atoms with Gasteiger partial charge in [-0.3, -0.25) is 0 Å². The maximum atomic E-state index is 5.75. The van der Waals surface area contributed by atoms with Crippen LogP contribution in [0.25, 0.3) is 0 Å². The third-order valence-corrected chi connectivity index (χ3v) is 1.94. The van der Waals surface area contributed by atoms with Crippen molar-refractivity contribution in [3.63, 3.8) is 0 Å². The molecule has 0 bridgehead atoms. The van der Waals surface area contributed by atoms with Gasteiger partial charge in [-0.15, -0.1) is 0 Å². The van der Waals surface area contributed by atoms with E-state index in [0.717, 1.165) is 23.5 Å². The van der Waals surface area contributed by atoms with E-state index in [-0.39, 0.29) is 0 Å². The fourth-order valence-electron chi connectivity index (χ4n) is 0.984. The number of hydrogen-bond acceptors (Lipinski definition) is 3. The maximum Gasteiger partial charge on any atom is 0.120 e. The van der Waals surface area contributed by atoms with Crippen LogP contribution in [0.15, 0.2) is 18.2 Å². The Labute approximate surface area is 89.9 Å². The van der Waals surface area contributed by atoms with E-state index in [1.807, 2.05) is 12.1 Å². The standard InChI is InChI=1S/C11H13NOS/c1-13-10-5-6-11(12)9(8-10)4-2-3-7-14/h5-6,8,14H,3,7,12H2,1H3. The second kappa shape index (κ2) is 5.46. The molecule has 0 spiro atoms. The molecule has 0 saturated heterocycles. The van der Waals surface area contributed by atoms with Crippen LogP contribution in [0, 0.1) is 11.8 Å². The monoisotopic (exact) mass is 207 g/mol. The molecule has 0 unspecified atom stereocenters. The van der Waals surface area contributed by atoms with Crippen molar-refractivity contribution < 1.29 is 4.74 Å². The number of thiol groups is 1. The van der Waals surface area contributed by atoms with Gasteiger partial charge in [0.2, 0.25) is 0 Å². The minimum Gasteiger partial charge on any atom is -0.497 e. The molecule has 1 aromatic rings. The molecule has 0 aliphatic rings. The van der Waals surface area contributed by atoms with Crippen molar-refractivity contribution >= 4 is 18.3 Å². The van der Waals surface area contributed by atoms with Gasteiger partial charge in [0.15, 0.2) is 0 Å². The van der Waals surface area contributed by atoms with Crippen LogP contribution in [0.5, 0.6) is 5.75 Å². The first kappa shape index (κ1) is 10.8. The SMILES string of the molecule is COc1ccc(N)c(C#CCCS)c1. The fraction of sp³-hybridized carbons (Fsp3) is 0.273. The van der Waals surface area contributed by atoms with E-state index in [9.17, 15) is 0 Å². The fourth-order valence-corrected chi connectivity index (χ4v) is 1.10. The molecule has 1 rings (SSSR count). The normalized spacial score (nSPS) is 9.00. The molecule has 3 heteroatoms. The summed E-state index contributed by atoms with van der Waals surface area (Å²) in [6, 6.07) is 5.45. The van der Waals surface area contributed by atoms with Gasteiger partial charge in [0, 0.05) is 17.9 Å². The van der Waals surface area contributed by atoms with Crippen LogP contribution in [0.1, 0.15) is 12.0 Å². The Morgan fingerprint density at radius 3 is 2.93 bits per heavy atom. The van der Waals surface area contributed by atoms with E-state index in [1.165, 1.54) is 0 Å². The number of nitrogens with two attached hydrogens (primary N) is 1. The molecule has 2 nitrogen and oxygen atoms in total. The molecular formula is C11H13NOS. The molecule has 0 aromatic heterocycles. The molecule has 0 fully saturated rings. The smallest absolute Gasteiger partial charge is 0.120 e. The van der Waals surface area contributed by atoms with Crippen molar-refractivity contribution in [1.82, 2.24) is 0 Å². The summed E-state index contributed by atoms with van der Waals surface area (Å²) in [6.07, 6.45) is 0.764. The van der Waals surface area contributed by atoms with Gasteiger partial charge in [0.1, 0.15) is 5.75 Å². The topological polar surface area (TPSA) is 35.2 Å². The average molecular weight is 207 g/mol. The van der Waals surface area contributed by atoms with Gasteiger partial charge in [0.25, 0.3) is 0 Å². The van der Waals surface area contributed by atoms with Crippen LogP contribution in [-0.2, 0) is 0 Å². The minimum atomic E-state index is 0.678. The van der Waals surface area contributed by atoms with E-state index in [1.54, 1.807) is 13.2 Å². The molecule has 14 heavy (non-hydrogen) atoms. The van der Waals surface area contributed by atoms with Crippen LogP contribution in [-0.4, -0.2) is 12.9 Å². The molecule has 0 heterocycles. The summed E-state index contributed by atoms with van der Waals surface area (Å²) in [5, 5.41) is 0. The largest absolute Gasteiger partial charge is 0.497 e. The van der Waals surface area contributed by atoms with Crippen LogP contribution >= 0.6 is 12.6 Å². The quantitative estimate of drug-likeness (QED) is 0.441. The molecule has 0 radical (unpaired) electrons. The van der Waals surface area contributed by atoms with Crippen molar-refractivity contribution in [3.8, 4) is 17.6 Å². The highest BCUT2D eigenvalue weighted by Gasteiger charge is 1.97. The second-order valence-electron chi connectivity index (χ2n) is 2.73. The summed E-state index contributed by atoms with van der Waals surface area (Å²) in [5.74, 6) is 7.50. The van der Waals surface area contributed by atoms with Crippen LogP contribution in [0.4, 0.5) is 5.69 Å². The zero-order valence-corrected chi connectivity index (χ0v) is 8.97. The van der Waals surface area contributed by atoms with Crippen molar-refractivity contribution in [2.75, 3.05) is 18.6 Å².